The van der Waals surface area contributed by atoms with Crippen molar-refractivity contribution in [2.75, 3.05) is 23.3 Å². The number of nitrogens with one attached hydrogen (secondary N) is 1. The topological polar surface area (TPSA) is 75.7 Å². The number of benzene rings is 2. The molecule has 6 rings (SSSR count). The Bertz CT molecular complexity index is 1450. The van der Waals surface area contributed by atoms with Crippen LogP contribution in [0.1, 0.15) is 18.4 Å². The number of rotatable bonds is 4. The molecule has 7 heteroatoms. The van der Waals surface area contributed by atoms with Crippen LogP contribution in [0.2, 0.25) is 0 Å². The minimum atomic E-state index is -0.0837. The van der Waals surface area contributed by atoms with Gasteiger partial charge in [-0.2, -0.15) is 4.98 Å². The molecule has 0 radical (unpaired) electrons. The number of carbonyl (C=O) groups is 1. The molecule has 3 aromatic heterocycles. The number of piperidine rings is 1. The highest BCUT2D eigenvalue weighted by atomic mass is 16.4. The number of imidazole rings is 1. The minimum Gasteiger partial charge on any atom is -0.423 e. The van der Waals surface area contributed by atoms with Crippen LogP contribution in [0.15, 0.2) is 77.3 Å². The number of anilines is 2. The molecule has 0 atom stereocenters. The number of oxazole rings is 1. The van der Waals surface area contributed by atoms with Gasteiger partial charge in [-0.1, -0.05) is 48.5 Å². The summed E-state index contributed by atoms with van der Waals surface area (Å²) in [7, 11) is 0. The zero-order valence-corrected chi connectivity index (χ0v) is 18.9. The Morgan fingerprint density at radius 3 is 2.53 bits per heavy atom. The molecule has 1 N–H and O–H groups in total. The molecule has 4 heterocycles. The third-order valence-corrected chi connectivity index (χ3v) is 6.47. The SMILES string of the molecule is Cc1ccc2nc(-c3ccccc3)c(NC(=O)C3CCN(c4nc5ccccc5o4)CC3)n2c1. The molecule has 1 fully saturated rings. The minimum absolute atomic E-state index is 0.0257. The molecule has 0 aliphatic carbocycles. The van der Waals surface area contributed by atoms with Gasteiger partial charge in [-0.05, 0) is 43.5 Å². The van der Waals surface area contributed by atoms with Crippen LogP contribution in [0, 0.1) is 12.8 Å². The van der Waals surface area contributed by atoms with Crippen molar-refractivity contribution in [2.45, 2.75) is 19.8 Å². The van der Waals surface area contributed by atoms with Crippen LogP contribution in [-0.2, 0) is 4.79 Å². The van der Waals surface area contributed by atoms with E-state index in [0.29, 0.717) is 6.01 Å². The normalized spacial score (nSPS) is 14.7. The molecular weight excluding hydrogens is 426 g/mol. The predicted molar refractivity (Wildman–Crippen MR) is 133 cm³/mol. The number of amides is 1. The lowest BCUT2D eigenvalue weighted by Gasteiger charge is -2.30. The number of fused-ring (bicyclic) bond motifs is 2. The molecule has 5 aromatic rings. The van der Waals surface area contributed by atoms with E-state index in [9.17, 15) is 4.79 Å². The Labute approximate surface area is 197 Å². The Hall–Kier alpha value is -4.13. The highest BCUT2D eigenvalue weighted by molar-refractivity contribution is 5.96. The van der Waals surface area contributed by atoms with Gasteiger partial charge in [0.1, 0.15) is 22.7 Å². The van der Waals surface area contributed by atoms with Gasteiger partial charge in [-0.15, -0.1) is 0 Å². The standard InChI is InChI=1S/C27H25N5O2/c1-18-11-12-23-29-24(19-7-3-2-4-8-19)25(32(23)17-18)30-26(33)20-13-15-31(16-14-20)27-28-21-9-5-6-10-22(21)34-27/h2-12,17,20H,13-16H2,1H3,(H,30,33). The van der Waals surface area contributed by atoms with Crippen molar-refractivity contribution >= 4 is 34.5 Å². The molecule has 0 saturated carbocycles. The summed E-state index contributed by atoms with van der Waals surface area (Å²) < 4.78 is 7.89. The van der Waals surface area contributed by atoms with Crippen LogP contribution < -0.4 is 10.2 Å². The van der Waals surface area contributed by atoms with E-state index in [1.165, 1.54) is 0 Å². The average Bonchev–Trinajstić information content (AvgIpc) is 3.46. The third kappa shape index (κ3) is 3.69. The number of pyridine rings is 1. The predicted octanol–water partition coefficient (Wildman–Crippen LogP) is 5.31. The van der Waals surface area contributed by atoms with Gasteiger partial charge >= 0.3 is 0 Å². The van der Waals surface area contributed by atoms with Crippen LogP contribution in [0.25, 0.3) is 28.0 Å². The van der Waals surface area contributed by atoms with Crippen molar-refractivity contribution < 1.29 is 9.21 Å². The van der Waals surface area contributed by atoms with Gasteiger partial charge in [-0.25, -0.2) is 4.98 Å². The van der Waals surface area contributed by atoms with Crippen molar-refractivity contribution in [3.63, 3.8) is 0 Å². The van der Waals surface area contributed by atoms with Crippen LogP contribution >= 0.6 is 0 Å². The van der Waals surface area contributed by atoms with E-state index < -0.39 is 0 Å². The largest absolute Gasteiger partial charge is 0.423 e. The second-order valence-corrected chi connectivity index (χ2v) is 8.82. The fraction of sp³-hybridized carbons (Fsp3) is 0.222. The quantitative estimate of drug-likeness (QED) is 0.401. The Balaban J connectivity index is 1.22. The molecule has 0 spiro atoms. The number of para-hydroxylation sites is 2. The first-order valence-corrected chi connectivity index (χ1v) is 11.6. The number of carbonyl (C=O) groups excluding carboxylic acids is 1. The molecule has 2 aromatic carbocycles. The van der Waals surface area contributed by atoms with Gasteiger partial charge in [0.15, 0.2) is 5.58 Å². The highest BCUT2D eigenvalue weighted by Crippen LogP contribution is 2.31. The monoisotopic (exact) mass is 451 g/mol. The Morgan fingerprint density at radius 2 is 1.74 bits per heavy atom. The summed E-state index contributed by atoms with van der Waals surface area (Å²) in [4.78, 5) is 24.9. The van der Waals surface area contributed by atoms with Gasteiger partial charge < -0.3 is 14.6 Å². The number of aromatic nitrogens is 3. The lowest BCUT2D eigenvalue weighted by molar-refractivity contribution is -0.120. The summed E-state index contributed by atoms with van der Waals surface area (Å²) in [6.45, 7) is 3.49. The molecule has 1 amide bonds. The van der Waals surface area contributed by atoms with Gasteiger partial charge in [0.05, 0.1) is 0 Å². The van der Waals surface area contributed by atoms with Crippen molar-refractivity contribution in [1.29, 1.82) is 0 Å². The van der Waals surface area contributed by atoms with Crippen LogP contribution in [-0.4, -0.2) is 33.4 Å². The van der Waals surface area contributed by atoms with Gasteiger partial charge in [0.2, 0.25) is 5.91 Å². The van der Waals surface area contributed by atoms with E-state index in [0.717, 1.165) is 65.3 Å². The molecule has 34 heavy (non-hydrogen) atoms. The first-order chi connectivity index (χ1) is 16.7. The zero-order valence-electron chi connectivity index (χ0n) is 18.9. The number of aryl methyl sites for hydroxylation is 1. The Morgan fingerprint density at radius 1 is 0.971 bits per heavy atom. The fourth-order valence-corrected chi connectivity index (χ4v) is 4.61. The molecule has 1 saturated heterocycles. The summed E-state index contributed by atoms with van der Waals surface area (Å²) in [5.74, 6) is 0.661. The lowest BCUT2D eigenvalue weighted by atomic mass is 9.96. The summed E-state index contributed by atoms with van der Waals surface area (Å²) in [6.07, 6.45) is 3.49. The Kier molecular flexibility index (Phi) is 5.02. The zero-order chi connectivity index (χ0) is 23.1. The van der Waals surface area contributed by atoms with E-state index >= 15 is 0 Å². The van der Waals surface area contributed by atoms with Crippen molar-refractivity contribution in [3.8, 4) is 11.3 Å². The summed E-state index contributed by atoms with van der Waals surface area (Å²) in [5, 5.41) is 3.21. The first kappa shape index (κ1) is 20.5. The van der Waals surface area contributed by atoms with Crippen molar-refractivity contribution in [1.82, 2.24) is 14.4 Å². The second kappa shape index (κ2) is 8.33. The van der Waals surface area contributed by atoms with Gasteiger partial charge in [0, 0.05) is 30.8 Å². The van der Waals surface area contributed by atoms with E-state index in [2.05, 4.69) is 15.2 Å². The van der Waals surface area contributed by atoms with E-state index in [1.807, 2.05) is 84.3 Å². The third-order valence-electron chi connectivity index (χ3n) is 6.47. The number of hydrogen-bond acceptors (Lipinski definition) is 5. The molecule has 0 unspecified atom stereocenters. The van der Waals surface area contributed by atoms with E-state index in [-0.39, 0.29) is 11.8 Å². The van der Waals surface area contributed by atoms with Crippen LogP contribution in [0.3, 0.4) is 0 Å². The van der Waals surface area contributed by atoms with Crippen molar-refractivity contribution in [3.05, 3.63) is 78.5 Å². The van der Waals surface area contributed by atoms with Crippen LogP contribution in [0.4, 0.5) is 11.8 Å². The fourth-order valence-electron chi connectivity index (χ4n) is 4.61. The van der Waals surface area contributed by atoms with Gasteiger partial charge in [0.25, 0.3) is 6.01 Å². The van der Waals surface area contributed by atoms with E-state index in [4.69, 9.17) is 9.40 Å². The maximum atomic E-state index is 13.4. The summed E-state index contributed by atoms with van der Waals surface area (Å²) in [6, 6.07) is 22.4. The molecule has 7 nitrogen and oxygen atoms in total. The number of hydrogen-bond donors (Lipinski definition) is 1. The first-order valence-electron chi connectivity index (χ1n) is 11.6. The van der Waals surface area contributed by atoms with Crippen LogP contribution in [0.5, 0.6) is 0 Å². The molecule has 1 aliphatic heterocycles. The molecular formula is C27H25N5O2. The van der Waals surface area contributed by atoms with E-state index in [1.54, 1.807) is 0 Å². The lowest BCUT2D eigenvalue weighted by Crippen LogP contribution is -2.38. The average molecular weight is 452 g/mol. The molecule has 0 bridgehead atoms. The summed E-state index contributed by atoms with van der Waals surface area (Å²) in [5.41, 5.74) is 5.31. The maximum Gasteiger partial charge on any atom is 0.298 e. The smallest absolute Gasteiger partial charge is 0.298 e. The summed E-state index contributed by atoms with van der Waals surface area (Å²) >= 11 is 0. The highest BCUT2D eigenvalue weighted by Gasteiger charge is 2.28. The van der Waals surface area contributed by atoms with Gasteiger partial charge in [-0.3, -0.25) is 9.20 Å². The maximum absolute atomic E-state index is 13.4. The van der Waals surface area contributed by atoms with Crippen molar-refractivity contribution in [2.24, 2.45) is 5.92 Å². The molecule has 170 valence electrons. The second-order valence-electron chi connectivity index (χ2n) is 8.82. The molecule has 1 aliphatic rings. The number of nitrogens with zero attached hydrogens (tertiary/aromatic N) is 4.